The number of ether oxygens (including phenoxy) is 2. The first-order valence-electron chi connectivity index (χ1n) is 7.89. The maximum atomic E-state index is 11.2. The van der Waals surface area contributed by atoms with E-state index in [1.54, 1.807) is 13.8 Å². The van der Waals surface area contributed by atoms with Crippen molar-refractivity contribution in [2.45, 2.75) is 27.1 Å². The molecule has 2 heterocycles. The molecule has 0 radical (unpaired) electrons. The van der Waals surface area contributed by atoms with Gasteiger partial charge in [-0.3, -0.25) is 0 Å². The quantitative estimate of drug-likeness (QED) is 0.498. The van der Waals surface area contributed by atoms with E-state index in [9.17, 15) is 4.79 Å². The SMILES string of the molecule is Cc1nnc(COc2ccc(C(=O)O)cc2OCc2nnc(C)o2)o1.O=S=O.O=S=O. The van der Waals surface area contributed by atoms with Gasteiger partial charge in [0.05, 0.1) is 5.56 Å². The highest BCUT2D eigenvalue weighted by molar-refractivity contribution is 7.51. The molecule has 0 unspecified atom stereocenters. The van der Waals surface area contributed by atoms with E-state index in [0.717, 1.165) is 0 Å². The van der Waals surface area contributed by atoms with Gasteiger partial charge in [0.1, 0.15) is 0 Å². The second kappa shape index (κ2) is 13.4. The number of benzene rings is 1. The van der Waals surface area contributed by atoms with E-state index in [1.807, 2.05) is 0 Å². The topological polar surface area (TPSA) is 202 Å². The van der Waals surface area contributed by atoms with Gasteiger partial charge < -0.3 is 23.4 Å². The molecule has 0 aliphatic carbocycles. The molecule has 0 atom stereocenters. The number of rotatable bonds is 7. The van der Waals surface area contributed by atoms with Crippen molar-refractivity contribution in [2.75, 3.05) is 0 Å². The monoisotopic (exact) mass is 474 g/mol. The molecule has 0 spiro atoms. The second-order valence-electron chi connectivity index (χ2n) is 5.11. The molecule has 14 nitrogen and oxygen atoms in total. The predicted molar refractivity (Wildman–Crippen MR) is 98.0 cm³/mol. The first kappa shape index (κ1) is 25.2. The van der Waals surface area contributed by atoms with E-state index in [1.165, 1.54) is 18.2 Å². The van der Waals surface area contributed by atoms with Crippen molar-refractivity contribution in [2.24, 2.45) is 0 Å². The molecule has 0 fully saturated rings. The summed E-state index contributed by atoms with van der Waals surface area (Å²) in [5, 5.41) is 24.2. The van der Waals surface area contributed by atoms with E-state index in [-0.39, 0.29) is 30.4 Å². The van der Waals surface area contributed by atoms with Crippen molar-refractivity contribution in [3.63, 3.8) is 0 Å². The van der Waals surface area contributed by atoms with Crippen molar-refractivity contribution in [1.82, 2.24) is 20.4 Å². The van der Waals surface area contributed by atoms with Gasteiger partial charge in [-0.1, -0.05) is 0 Å². The predicted octanol–water partition coefficient (Wildman–Crippen LogP) is 0.585. The lowest BCUT2D eigenvalue weighted by atomic mass is 10.2. The first-order valence-corrected chi connectivity index (χ1v) is 9.22. The maximum Gasteiger partial charge on any atom is 0.335 e. The number of hydrogen-bond acceptors (Lipinski definition) is 13. The minimum Gasteiger partial charge on any atom is -0.480 e. The summed E-state index contributed by atoms with van der Waals surface area (Å²) in [5.74, 6) is 0.820. The number of aromatic carboxylic acids is 1. The third kappa shape index (κ3) is 9.05. The van der Waals surface area contributed by atoms with Crippen molar-refractivity contribution in [1.29, 1.82) is 0 Å². The van der Waals surface area contributed by atoms with Gasteiger partial charge in [0, 0.05) is 13.8 Å². The van der Waals surface area contributed by atoms with Crippen LogP contribution in [0.4, 0.5) is 0 Å². The summed E-state index contributed by atoms with van der Waals surface area (Å²) >= 11 is -1.50. The summed E-state index contributed by atoms with van der Waals surface area (Å²) in [5.41, 5.74) is 0.0534. The third-order valence-electron chi connectivity index (χ3n) is 3.03. The summed E-state index contributed by atoms with van der Waals surface area (Å²) in [6.07, 6.45) is 0. The lowest BCUT2D eigenvalue weighted by Crippen LogP contribution is -2.03. The van der Waals surface area contributed by atoms with Crippen molar-refractivity contribution < 1.29 is 45.0 Å². The smallest absolute Gasteiger partial charge is 0.335 e. The molecule has 1 N–H and O–H groups in total. The second-order valence-corrected chi connectivity index (χ2v) is 5.38. The Morgan fingerprint density at radius 1 is 0.871 bits per heavy atom. The highest BCUT2D eigenvalue weighted by Gasteiger charge is 2.14. The zero-order chi connectivity index (χ0) is 23.2. The molecule has 16 heteroatoms. The highest BCUT2D eigenvalue weighted by Crippen LogP contribution is 2.30. The molecule has 3 rings (SSSR count). The van der Waals surface area contributed by atoms with Gasteiger partial charge >= 0.3 is 29.1 Å². The molecule has 1 aromatic carbocycles. The first-order chi connectivity index (χ1) is 14.8. The van der Waals surface area contributed by atoms with Crippen LogP contribution in [0.15, 0.2) is 27.0 Å². The van der Waals surface area contributed by atoms with Crippen LogP contribution < -0.4 is 9.47 Å². The lowest BCUT2D eigenvalue weighted by molar-refractivity contribution is 0.0696. The Labute approximate surface area is 180 Å². The number of carboxylic acids is 1. The van der Waals surface area contributed by atoms with E-state index in [4.69, 9.17) is 40.3 Å². The average Bonchev–Trinajstić information content (AvgIpc) is 3.34. The van der Waals surface area contributed by atoms with Gasteiger partial charge in [0.2, 0.25) is 11.8 Å². The molecule has 0 saturated carbocycles. The van der Waals surface area contributed by atoms with Gasteiger partial charge in [0.15, 0.2) is 24.7 Å². The fourth-order valence-electron chi connectivity index (χ4n) is 1.94. The zero-order valence-electron chi connectivity index (χ0n) is 15.9. The normalized spacial score (nSPS) is 9.35. The molecule has 31 heavy (non-hydrogen) atoms. The molecule has 3 aromatic rings. The van der Waals surface area contributed by atoms with Crippen LogP contribution in [0.1, 0.15) is 33.9 Å². The Morgan fingerprint density at radius 2 is 1.32 bits per heavy atom. The van der Waals surface area contributed by atoms with Crippen molar-refractivity contribution in [3.8, 4) is 11.5 Å². The zero-order valence-corrected chi connectivity index (χ0v) is 17.5. The largest absolute Gasteiger partial charge is 0.480 e. The molecule has 166 valence electrons. The lowest BCUT2D eigenvalue weighted by Gasteiger charge is -2.11. The van der Waals surface area contributed by atoms with Gasteiger partial charge in [0.25, 0.3) is 11.8 Å². The third-order valence-corrected chi connectivity index (χ3v) is 3.03. The van der Waals surface area contributed by atoms with Gasteiger partial charge in [-0.2, -0.15) is 16.8 Å². The molecular formula is C15H14N4O10S2. The number of aryl methyl sites for hydroxylation is 2. The minimum atomic E-state index is -1.09. The van der Waals surface area contributed by atoms with Crippen LogP contribution in [0.25, 0.3) is 0 Å². The van der Waals surface area contributed by atoms with Crippen LogP contribution in [0, 0.1) is 13.8 Å². The summed E-state index contributed by atoms with van der Waals surface area (Å²) < 4.78 is 54.8. The average molecular weight is 474 g/mol. The van der Waals surface area contributed by atoms with Gasteiger partial charge in [-0.05, 0) is 18.2 Å². The molecular weight excluding hydrogens is 460 g/mol. The fourth-order valence-corrected chi connectivity index (χ4v) is 1.94. The van der Waals surface area contributed by atoms with Crippen molar-refractivity contribution in [3.05, 3.63) is 47.3 Å². The van der Waals surface area contributed by atoms with Crippen LogP contribution in [-0.4, -0.2) is 48.3 Å². The van der Waals surface area contributed by atoms with Crippen LogP contribution in [0.2, 0.25) is 0 Å². The Bertz CT molecular complexity index is 1060. The summed E-state index contributed by atoms with van der Waals surface area (Å²) in [6, 6.07) is 4.24. The number of nitrogens with zero attached hydrogens (tertiary/aromatic N) is 4. The summed E-state index contributed by atoms with van der Waals surface area (Å²) in [6.45, 7) is 3.31. The number of carbonyl (C=O) groups is 1. The Balaban J connectivity index is 0.000000720. The molecule has 0 aliphatic rings. The number of carboxylic acid groups (broad SMARTS) is 1. The van der Waals surface area contributed by atoms with Gasteiger partial charge in [-0.25, -0.2) is 4.79 Å². The van der Waals surface area contributed by atoms with E-state index >= 15 is 0 Å². The van der Waals surface area contributed by atoms with Crippen LogP contribution in [0.3, 0.4) is 0 Å². The molecule has 2 aromatic heterocycles. The fraction of sp³-hybridized carbons (Fsp3) is 0.267. The van der Waals surface area contributed by atoms with Crippen molar-refractivity contribution >= 4 is 29.1 Å². The standard InChI is InChI=1S/C15H14N4O6.2O2S/c1-8-16-18-13(24-8)6-22-11-4-3-10(15(20)21)5-12(11)23-7-14-19-17-9(2)25-14;2*1-3-2/h3-5H,6-7H2,1-2H3,(H,20,21);;. The van der Waals surface area contributed by atoms with Crippen LogP contribution in [-0.2, 0) is 36.4 Å². The van der Waals surface area contributed by atoms with Crippen LogP contribution >= 0.6 is 0 Å². The van der Waals surface area contributed by atoms with Crippen LogP contribution in [0.5, 0.6) is 11.5 Å². The summed E-state index contributed by atoms with van der Waals surface area (Å²) in [4.78, 5) is 11.2. The maximum absolute atomic E-state index is 11.2. The van der Waals surface area contributed by atoms with E-state index in [0.29, 0.717) is 23.4 Å². The molecule has 0 saturated heterocycles. The van der Waals surface area contributed by atoms with Gasteiger partial charge in [-0.15, -0.1) is 20.4 Å². The minimum absolute atomic E-state index is 0.0171. The summed E-state index contributed by atoms with van der Waals surface area (Å²) in [7, 11) is 0. The molecule has 0 amide bonds. The number of aromatic nitrogens is 4. The van der Waals surface area contributed by atoms with E-state index in [2.05, 4.69) is 20.4 Å². The Morgan fingerprint density at radius 3 is 1.71 bits per heavy atom. The number of hydrogen-bond donors (Lipinski definition) is 1. The Kier molecular flexibility index (Phi) is 10.9. The molecule has 0 bridgehead atoms. The molecule has 0 aliphatic heterocycles. The Hall–Kier alpha value is -3.79. The van der Waals surface area contributed by atoms with E-state index < -0.39 is 29.1 Å². The highest BCUT2D eigenvalue weighted by atomic mass is 32.1.